The van der Waals surface area contributed by atoms with Gasteiger partial charge < -0.3 is 4.74 Å². The van der Waals surface area contributed by atoms with Crippen molar-refractivity contribution in [1.82, 2.24) is 0 Å². The second-order valence-electron chi connectivity index (χ2n) is 4.95. The zero-order chi connectivity index (χ0) is 17.0. The summed E-state index contributed by atoms with van der Waals surface area (Å²) in [5, 5.41) is 5.09. The van der Waals surface area contributed by atoms with Crippen molar-refractivity contribution in [2.75, 3.05) is 6.26 Å². The summed E-state index contributed by atoms with van der Waals surface area (Å²) in [6.45, 7) is 1.82. The highest BCUT2D eigenvalue weighted by Gasteiger charge is 2.16. The van der Waals surface area contributed by atoms with E-state index in [1.54, 1.807) is 18.7 Å². The van der Waals surface area contributed by atoms with Crippen molar-refractivity contribution in [1.29, 1.82) is 0 Å². The molecule has 0 aliphatic heterocycles. The molecule has 2 aromatic carbocycles. The number of ether oxygens (including phenoxy) is 1. The number of sulfonamides is 1. The number of hydrogen-bond donors (Lipinski definition) is 1. The van der Waals surface area contributed by atoms with Crippen LogP contribution in [0.15, 0.2) is 52.3 Å². The van der Waals surface area contributed by atoms with Gasteiger partial charge in [-0.15, -0.1) is 11.8 Å². The van der Waals surface area contributed by atoms with Crippen molar-refractivity contribution < 1.29 is 17.9 Å². The maximum Gasteiger partial charge on any atom is 0.338 e. The van der Waals surface area contributed by atoms with Crippen LogP contribution in [0.3, 0.4) is 0 Å². The minimum atomic E-state index is -3.86. The Balaban J connectivity index is 2.14. The fourth-order valence-corrected chi connectivity index (χ4v) is 2.89. The molecule has 2 rings (SSSR count). The van der Waals surface area contributed by atoms with Gasteiger partial charge in [-0.3, -0.25) is 0 Å². The van der Waals surface area contributed by atoms with Crippen LogP contribution in [0.5, 0.6) is 0 Å². The molecule has 2 N–H and O–H groups in total. The monoisotopic (exact) mass is 351 g/mol. The third-order valence-electron chi connectivity index (χ3n) is 3.29. The maximum absolute atomic E-state index is 12.2. The highest BCUT2D eigenvalue weighted by molar-refractivity contribution is 7.98. The second kappa shape index (κ2) is 7.16. The zero-order valence-electron chi connectivity index (χ0n) is 12.8. The second-order valence-corrected chi connectivity index (χ2v) is 7.39. The van der Waals surface area contributed by atoms with Crippen molar-refractivity contribution in [3.05, 3.63) is 59.2 Å². The van der Waals surface area contributed by atoms with E-state index in [1.807, 2.05) is 30.5 Å². The van der Waals surface area contributed by atoms with E-state index in [-0.39, 0.29) is 17.1 Å². The first kappa shape index (κ1) is 17.5. The van der Waals surface area contributed by atoms with Crippen molar-refractivity contribution >= 4 is 27.8 Å². The van der Waals surface area contributed by atoms with E-state index in [1.165, 1.54) is 18.2 Å². The van der Waals surface area contributed by atoms with E-state index < -0.39 is 16.0 Å². The molecule has 5 nitrogen and oxygen atoms in total. The van der Waals surface area contributed by atoms with Crippen LogP contribution in [0, 0.1) is 6.92 Å². The fraction of sp³-hybridized carbons (Fsp3) is 0.188. The highest BCUT2D eigenvalue weighted by Crippen LogP contribution is 2.18. The molecule has 0 unspecified atom stereocenters. The van der Waals surface area contributed by atoms with Crippen LogP contribution in [0.4, 0.5) is 0 Å². The van der Waals surface area contributed by atoms with Crippen LogP contribution < -0.4 is 5.14 Å². The Kier molecular flexibility index (Phi) is 5.46. The number of hydrogen-bond acceptors (Lipinski definition) is 5. The Hall–Kier alpha value is -1.83. The molecule has 2 aromatic rings. The fourth-order valence-electron chi connectivity index (χ4n) is 1.95. The first-order chi connectivity index (χ1) is 10.8. The third-order valence-corrected chi connectivity index (χ3v) is 4.94. The van der Waals surface area contributed by atoms with E-state index in [9.17, 15) is 13.2 Å². The molecule has 0 aromatic heterocycles. The van der Waals surface area contributed by atoms with Crippen LogP contribution in [0.25, 0.3) is 0 Å². The molecule has 122 valence electrons. The number of carbonyl (C=O) groups is 1. The SMILES string of the molecule is CSc1ccc(COC(=O)c2cc(S(N)(=O)=O)ccc2C)cc1. The van der Waals surface area contributed by atoms with Crippen LogP contribution in [0.1, 0.15) is 21.5 Å². The molecule has 0 amide bonds. The Labute approximate surface area is 139 Å². The number of primary sulfonamides is 1. The molecule has 0 bridgehead atoms. The zero-order valence-corrected chi connectivity index (χ0v) is 14.4. The van der Waals surface area contributed by atoms with E-state index in [2.05, 4.69) is 0 Å². The molecule has 0 heterocycles. The van der Waals surface area contributed by atoms with Crippen LogP contribution >= 0.6 is 11.8 Å². The van der Waals surface area contributed by atoms with Crippen LogP contribution in [-0.2, 0) is 21.4 Å². The quantitative estimate of drug-likeness (QED) is 0.661. The van der Waals surface area contributed by atoms with Gasteiger partial charge in [0.1, 0.15) is 6.61 Å². The number of benzene rings is 2. The third kappa shape index (κ3) is 4.57. The lowest BCUT2D eigenvalue weighted by Gasteiger charge is -2.09. The molecular weight excluding hydrogens is 334 g/mol. The predicted octanol–water partition coefficient (Wildman–Crippen LogP) is 2.72. The lowest BCUT2D eigenvalue weighted by atomic mass is 10.1. The van der Waals surface area contributed by atoms with Gasteiger partial charge in [-0.25, -0.2) is 18.4 Å². The van der Waals surface area contributed by atoms with Crippen molar-refractivity contribution in [2.45, 2.75) is 23.3 Å². The standard InChI is InChI=1S/C16H17NO4S2/c1-11-3-8-14(23(17,19)20)9-15(11)16(18)21-10-12-4-6-13(22-2)7-5-12/h3-9H,10H2,1-2H3,(H2,17,19,20). The summed E-state index contributed by atoms with van der Waals surface area (Å²) in [5.41, 5.74) is 1.67. The van der Waals surface area contributed by atoms with Gasteiger partial charge in [0.05, 0.1) is 10.5 Å². The number of aryl methyl sites for hydroxylation is 1. The van der Waals surface area contributed by atoms with Crippen molar-refractivity contribution in [3.63, 3.8) is 0 Å². The molecule has 0 aliphatic rings. The average molecular weight is 351 g/mol. The Morgan fingerprint density at radius 1 is 1.17 bits per heavy atom. The molecule has 0 spiro atoms. The smallest absolute Gasteiger partial charge is 0.338 e. The molecule has 7 heteroatoms. The van der Waals surface area contributed by atoms with Gasteiger partial charge in [-0.1, -0.05) is 18.2 Å². The summed E-state index contributed by atoms with van der Waals surface area (Å²) in [6, 6.07) is 11.8. The van der Waals surface area contributed by atoms with Crippen molar-refractivity contribution in [2.24, 2.45) is 5.14 Å². The average Bonchev–Trinajstić information content (AvgIpc) is 2.52. The first-order valence-electron chi connectivity index (χ1n) is 6.75. The number of thioether (sulfide) groups is 1. The summed E-state index contributed by atoms with van der Waals surface area (Å²) in [4.78, 5) is 13.2. The number of carbonyl (C=O) groups excluding carboxylic acids is 1. The Morgan fingerprint density at radius 3 is 2.39 bits per heavy atom. The molecule has 23 heavy (non-hydrogen) atoms. The topological polar surface area (TPSA) is 86.5 Å². The normalized spacial score (nSPS) is 11.3. The number of nitrogens with two attached hydrogens (primary N) is 1. The van der Waals surface area contributed by atoms with E-state index >= 15 is 0 Å². The molecule has 0 fully saturated rings. The highest BCUT2D eigenvalue weighted by atomic mass is 32.2. The largest absolute Gasteiger partial charge is 0.457 e. The lowest BCUT2D eigenvalue weighted by molar-refractivity contribution is 0.0471. The lowest BCUT2D eigenvalue weighted by Crippen LogP contribution is -2.14. The number of rotatable bonds is 5. The first-order valence-corrected chi connectivity index (χ1v) is 9.52. The minimum Gasteiger partial charge on any atom is -0.457 e. The van der Waals surface area contributed by atoms with E-state index in [4.69, 9.17) is 9.88 Å². The molecule has 0 atom stereocenters. The van der Waals surface area contributed by atoms with Gasteiger partial charge in [0.15, 0.2) is 0 Å². The Bertz CT molecular complexity index is 814. The van der Waals surface area contributed by atoms with Crippen molar-refractivity contribution in [3.8, 4) is 0 Å². The van der Waals surface area contributed by atoms with E-state index in [0.717, 1.165) is 10.5 Å². The van der Waals surface area contributed by atoms with Gasteiger partial charge in [-0.05, 0) is 48.6 Å². The van der Waals surface area contributed by atoms with Gasteiger partial charge >= 0.3 is 5.97 Å². The van der Waals surface area contributed by atoms with Gasteiger partial charge in [0, 0.05) is 4.90 Å². The van der Waals surface area contributed by atoms with Gasteiger partial charge in [0.2, 0.25) is 10.0 Å². The summed E-state index contributed by atoms with van der Waals surface area (Å²) < 4.78 is 28.0. The summed E-state index contributed by atoms with van der Waals surface area (Å²) in [7, 11) is -3.86. The van der Waals surface area contributed by atoms with Gasteiger partial charge in [0.25, 0.3) is 0 Å². The summed E-state index contributed by atoms with van der Waals surface area (Å²) >= 11 is 1.63. The molecule has 0 saturated heterocycles. The predicted molar refractivity (Wildman–Crippen MR) is 89.9 cm³/mol. The van der Waals surface area contributed by atoms with Crippen LogP contribution in [-0.4, -0.2) is 20.6 Å². The molecular formula is C16H17NO4S2. The molecule has 0 radical (unpaired) electrons. The van der Waals surface area contributed by atoms with E-state index in [0.29, 0.717) is 5.56 Å². The summed E-state index contributed by atoms with van der Waals surface area (Å²) in [6.07, 6.45) is 1.98. The minimum absolute atomic E-state index is 0.112. The van der Waals surface area contributed by atoms with Gasteiger partial charge in [-0.2, -0.15) is 0 Å². The van der Waals surface area contributed by atoms with Crippen LogP contribution in [0.2, 0.25) is 0 Å². The Morgan fingerprint density at radius 2 is 1.83 bits per heavy atom. The molecule has 0 saturated carbocycles. The molecule has 0 aliphatic carbocycles. The maximum atomic E-state index is 12.2. The summed E-state index contributed by atoms with van der Waals surface area (Å²) in [5.74, 6) is -0.582. The number of esters is 1.